The number of hydrogen-bond acceptors (Lipinski definition) is 3. The molecule has 1 unspecified atom stereocenters. The van der Waals surface area contributed by atoms with Crippen LogP contribution in [0, 0.1) is 11.7 Å². The van der Waals surface area contributed by atoms with E-state index in [1.54, 1.807) is 20.3 Å². The van der Waals surface area contributed by atoms with Gasteiger partial charge in [-0.3, -0.25) is 0 Å². The molecule has 1 aliphatic carbocycles. The van der Waals surface area contributed by atoms with Gasteiger partial charge in [-0.25, -0.2) is 4.39 Å². The Balaban J connectivity index is 1.78. The number of methoxy groups -OCH3 is 2. The summed E-state index contributed by atoms with van der Waals surface area (Å²) >= 11 is 0. The van der Waals surface area contributed by atoms with Crippen LogP contribution in [0.1, 0.15) is 49.3 Å². The molecule has 0 radical (unpaired) electrons. The van der Waals surface area contributed by atoms with E-state index in [1.807, 2.05) is 30.3 Å². The van der Waals surface area contributed by atoms with E-state index in [-0.39, 0.29) is 17.8 Å². The molecule has 4 atom stereocenters. The van der Waals surface area contributed by atoms with Crippen LogP contribution >= 0.6 is 0 Å². The molecular weight excluding hydrogens is 369 g/mol. The van der Waals surface area contributed by atoms with Crippen molar-refractivity contribution in [3.63, 3.8) is 0 Å². The smallest absolute Gasteiger partial charge is 0.132 e. The van der Waals surface area contributed by atoms with Gasteiger partial charge in [-0.05, 0) is 37.1 Å². The molecule has 2 aromatic rings. The molecule has 1 saturated carbocycles. The van der Waals surface area contributed by atoms with Gasteiger partial charge in [-0.2, -0.15) is 0 Å². The van der Waals surface area contributed by atoms with E-state index in [0.717, 1.165) is 61.3 Å². The topological polar surface area (TPSA) is 43.1 Å². The van der Waals surface area contributed by atoms with Gasteiger partial charge < -0.3 is 19.5 Å². The number of quaternary nitrogens is 1. The second kappa shape index (κ2) is 8.33. The van der Waals surface area contributed by atoms with Crippen molar-refractivity contribution in [3.05, 3.63) is 59.4 Å². The predicted octanol–water partition coefficient (Wildman–Crippen LogP) is 3.29. The second-order valence-corrected chi connectivity index (χ2v) is 8.47. The lowest BCUT2D eigenvalue weighted by Crippen LogP contribution is -3.13. The molecule has 0 bridgehead atoms. The van der Waals surface area contributed by atoms with Crippen molar-refractivity contribution in [2.45, 2.75) is 50.3 Å². The Bertz CT molecular complexity index is 858. The third-order valence-corrected chi connectivity index (χ3v) is 6.93. The van der Waals surface area contributed by atoms with Crippen LogP contribution in [0.3, 0.4) is 0 Å². The number of ether oxygens (including phenoxy) is 2. The zero-order valence-corrected chi connectivity index (χ0v) is 17.3. The third-order valence-electron chi connectivity index (χ3n) is 6.93. The molecule has 1 aliphatic heterocycles. The van der Waals surface area contributed by atoms with Crippen LogP contribution < -0.4 is 14.4 Å². The van der Waals surface area contributed by atoms with E-state index < -0.39 is 5.60 Å². The Labute approximate surface area is 172 Å². The average Bonchev–Trinajstić information content (AvgIpc) is 2.74. The zero-order valence-electron chi connectivity index (χ0n) is 17.3. The van der Waals surface area contributed by atoms with Crippen LogP contribution in [0.25, 0.3) is 0 Å². The molecule has 0 aromatic heterocycles. The summed E-state index contributed by atoms with van der Waals surface area (Å²) in [6.45, 7) is 1.39. The second-order valence-electron chi connectivity index (χ2n) is 8.47. The molecule has 2 fully saturated rings. The summed E-state index contributed by atoms with van der Waals surface area (Å²) < 4.78 is 25.6. The SMILES string of the molecule is COc1ccc(OC)c([C@H]2[C@H]3CCCC[C@]3(O)CC[NH+]2Cc2ccccc2F)c1. The lowest BCUT2D eigenvalue weighted by molar-refractivity contribution is -0.958. The number of piperidine rings is 1. The first-order valence-electron chi connectivity index (χ1n) is 10.6. The van der Waals surface area contributed by atoms with Gasteiger partial charge in [0.2, 0.25) is 0 Å². The predicted molar refractivity (Wildman–Crippen MR) is 110 cm³/mol. The van der Waals surface area contributed by atoms with Gasteiger partial charge in [-0.1, -0.05) is 31.0 Å². The van der Waals surface area contributed by atoms with Crippen LogP contribution in [0.15, 0.2) is 42.5 Å². The van der Waals surface area contributed by atoms with E-state index >= 15 is 0 Å². The van der Waals surface area contributed by atoms with E-state index in [4.69, 9.17) is 9.47 Å². The summed E-state index contributed by atoms with van der Waals surface area (Å²) in [5.41, 5.74) is 1.11. The fourth-order valence-electron chi connectivity index (χ4n) is 5.46. The van der Waals surface area contributed by atoms with E-state index in [0.29, 0.717) is 6.54 Å². The maximum atomic E-state index is 14.4. The molecule has 1 saturated heterocycles. The van der Waals surface area contributed by atoms with Crippen molar-refractivity contribution < 1.29 is 23.9 Å². The highest BCUT2D eigenvalue weighted by molar-refractivity contribution is 5.42. The lowest BCUT2D eigenvalue weighted by Gasteiger charge is -2.50. The largest absolute Gasteiger partial charge is 0.497 e. The van der Waals surface area contributed by atoms with Crippen LogP contribution in [0.4, 0.5) is 4.39 Å². The van der Waals surface area contributed by atoms with Crippen LogP contribution in [-0.4, -0.2) is 31.5 Å². The van der Waals surface area contributed by atoms with Gasteiger partial charge in [0.1, 0.15) is 29.9 Å². The van der Waals surface area contributed by atoms with Crippen LogP contribution in [0.5, 0.6) is 11.5 Å². The molecule has 0 spiro atoms. The van der Waals surface area contributed by atoms with Gasteiger partial charge in [0, 0.05) is 17.9 Å². The molecule has 5 heteroatoms. The first-order chi connectivity index (χ1) is 14.1. The zero-order chi connectivity index (χ0) is 20.4. The number of fused-ring (bicyclic) bond motifs is 1. The van der Waals surface area contributed by atoms with Crippen molar-refractivity contribution in [2.24, 2.45) is 5.92 Å². The molecule has 29 heavy (non-hydrogen) atoms. The Kier molecular flexibility index (Phi) is 5.79. The standard InChI is InChI=1S/C24H30FNO3/c1-28-18-10-11-22(29-2)19(15-18)23-20-8-5-6-12-24(20,27)13-14-26(23)16-17-7-3-4-9-21(17)25/h3-4,7,9-11,15,20,23,27H,5-6,8,12-14,16H2,1-2H3/p+1/t20-,23+,24+/m1/s1. The normalized spacial score (nSPS) is 29.2. The molecule has 2 aromatic carbocycles. The highest BCUT2D eigenvalue weighted by Crippen LogP contribution is 2.46. The molecule has 2 N–H and O–H groups in total. The van der Waals surface area contributed by atoms with Gasteiger partial charge in [-0.15, -0.1) is 0 Å². The lowest BCUT2D eigenvalue weighted by atomic mass is 9.66. The first kappa shape index (κ1) is 20.2. The minimum atomic E-state index is -0.657. The van der Waals surface area contributed by atoms with Crippen molar-refractivity contribution in [1.29, 1.82) is 0 Å². The molecule has 1 heterocycles. The van der Waals surface area contributed by atoms with Gasteiger partial charge in [0.15, 0.2) is 0 Å². The number of nitrogens with one attached hydrogen (secondary N) is 1. The highest BCUT2D eigenvalue weighted by Gasteiger charge is 2.52. The summed E-state index contributed by atoms with van der Waals surface area (Å²) in [5, 5.41) is 11.5. The first-order valence-corrected chi connectivity index (χ1v) is 10.6. The molecule has 0 amide bonds. The molecular formula is C24H31FNO3+. The quantitative estimate of drug-likeness (QED) is 0.809. The maximum absolute atomic E-state index is 14.4. The molecule has 156 valence electrons. The average molecular weight is 401 g/mol. The minimum Gasteiger partial charge on any atom is -0.497 e. The molecule has 2 aliphatic rings. The third kappa shape index (κ3) is 3.86. The van der Waals surface area contributed by atoms with Crippen molar-refractivity contribution in [1.82, 2.24) is 0 Å². The number of rotatable bonds is 5. The summed E-state index contributed by atoms with van der Waals surface area (Å²) in [6.07, 6.45) is 4.75. The number of aliphatic hydroxyl groups is 1. The number of hydrogen-bond donors (Lipinski definition) is 2. The van der Waals surface area contributed by atoms with Crippen molar-refractivity contribution in [2.75, 3.05) is 20.8 Å². The fourth-order valence-corrected chi connectivity index (χ4v) is 5.46. The van der Waals surface area contributed by atoms with E-state index in [1.165, 1.54) is 11.0 Å². The highest BCUT2D eigenvalue weighted by atomic mass is 19.1. The molecule has 4 rings (SSSR count). The fraction of sp³-hybridized carbons (Fsp3) is 0.500. The van der Waals surface area contributed by atoms with E-state index in [9.17, 15) is 9.50 Å². The van der Waals surface area contributed by atoms with Gasteiger partial charge in [0.05, 0.1) is 31.9 Å². The monoisotopic (exact) mass is 400 g/mol. The maximum Gasteiger partial charge on any atom is 0.132 e. The Morgan fingerprint density at radius 2 is 1.93 bits per heavy atom. The summed E-state index contributed by atoms with van der Waals surface area (Å²) in [5.74, 6) is 1.53. The summed E-state index contributed by atoms with van der Waals surface area (Å²) in [6, 6.07) is 12.9. The Hall–Kier alpha value is -2.11. The van der Waals surface area contributed by atoms with E-state index in [2.05, 4.69) is 0 Å². The summed E-state index contributed by atoms with van der Waals surface area (Å²) in [7, 11) is 3.34. The Morgan fingerprint density at radius 3 is 2.69 bits per heavy atom. The van der Waals surface area contributed by atoms with Gasteiger partial charge in [0.25, 0.3) is 0 Å². The number of likely N-dealkylation sites (tertiary alicyclic amines) is 1. The number of halogens is 1. The Morgan fingerprint density at radius 1 is 1.10 bits per heavy atom. The van der Waals surface area contributed by atoms with Gasteiger partial charge >= 0.3 is 0 Å². The van der Waals surface area contributed by atoms with Crippen LogP contribution in [0.2, 0.25) is 0 Å². The van der Waals surface area contributed by atoms with Crippen molar-refractivity contribution >= 4 is 0 Å². The summed E-state index contributed by atoms with van der Waals surface area (Å²) in [4.78, 5) is 1.28. The number of benzene rings is 2. The van der Waals surface area contributed by atoms with Crippen molar-refractivity contribution in [3.8, 4) is 11.5 Å². The van der Waals surface area contributed by atoms with Crippen LogP contribution in [-0.2, 0) is 6.54 Å². The molecule has 4 nitrogen and oxygen atoms in total. The minimum absolute atomic E-state index is 0.0266.